The molecular formula is C22H28N2. The largest absolute Gasteiger partial charge is 0.314 e. The Morgan fingerprint density at radius 3 is 2.50 bits per heavy atom. The van der Waals surface area contributed by atoms with Crippen LogP contribution in [0.1, 0.15) is 23.1 Å². The number of nitrogens with one attached hydrogen (secondary N) is 1. The molecule has 0 aliphatic carbocycles. The maximum absolute atomic E-state index is 3.82. The highest BCUT2D eigenvalue weighted by Crippen LogP contribution is 2.14. The minimum absolute atomic E-state index is 0.640. The smallest absolute Gasteiger partial charge is 0.0224 e. The van der Waals surface area contributed by atoms with Gasteiger partial charge in [0.25, 0.3) is 0 Å². The Balaban J connectivity index is 1.52. The van der Waals surface area contributed by atoms with Gasteiger partial charge in [-0.25, -0.2) is 0 Å². The molecule has 0 aromatic heterocycles. The SMILES string of the molecule is C=Cc1ccc(CCC2CNCCN2CCc2ccccc2)cc1. The van der Waals surface area contributed by atoms with Crippen molar-refractivity contribution >= 4 is 6.08 Å². The van der Waals surface area contributed by atoms with Gasteiger partial charge in [-0.15, -0.1) is 0 Å². The van der Waals surface area contributed by atoms with Crippen LogP contribution in [0, 0.1) is 0 Å². The maximum atomic E-state index is 3.82. The molecule has 1 saturated heterocycles. The quantitative estimate of drug-likeness (QED) is 0.835. The van der Waals surface area contributed by atoms with Crippen molar-refractivity contribution in [3.63, 3.8) is 0 Å². The Morgan fingerprint density at radius 1 is 1.00 bits per heavy atom. The third kappa shape index (κ3) is 4.80. The Morgan fingerprint density at radius 2 is 1.75 bits per heavy atom. The highest BCUT2D eigenvalue weighted by Gasteiger charge is 2.21. The average molecular weight is 320 g/mol. The van der Waals surface area contributed by atoms with Crippen molar-refractivity contribution in [3.8, 4) is 0 Å². The minimum atomic E-state index is 0.640. The van der Waals surface area contributed by atoms with E-state index in [-0.39, 0.29) is 0 Å². The number of piperazine rings is 1. The molecular weight excluding hydrogens is 292 g/mol. The Labute approximate surface area is 146 Å². The second-order valence-corrected chi connectivity index (χ2v) is 6.61. The van der Waals surface area contributed by atoms with Crippen molar-refractivity contribution in [2.24, 2.45) is 0 Å². The van der Waals surface area contributed by atoms with E-state index in [2.05, 4.69) is 71.4 Å². The minimum Gasteiger partial charge on any atom is -0.314 e. The zero-order valence-corrected chi connectivity index (χ0v) is 14.5. The van der Waals surface area contributed by atoms with E-state index in [1.54, 1.807) is 0 Å². The molecule has 2 aromatic rings. The van der Waals surface area contributed by atoms with Gasteiger partial charge in [0, 0.05) is 32.2 Å². The second kappa shape index (κ2) is 8.81. The van der Waals surface area contributed by atoms with Gasteiger partial charge in [-0.1, -0.05) is 67.3 Å². The molecule has 0 spiro atoms. The van der Waals surface area contributed by atoms with Crippen LogP contribution < -0.4 is 5.32 Å². The molecule has 1 heterocycles. The van der Waals surface area contributed by atoms with Crippen molar-refractivity contribution < 1.29 is 0 Å². The normalized spacial score (nSPS) is 18.4. The molecule has 2 nitrogen and oxygen atoms in total. The molecule has 1 unspecified atom stereocenters. The lowest BCUT2D eigenvalue weighted by molar-refractivity contribution is 0.155. The molecule has 1 fully saturated rings. The van der Waals surface area contributed by atoms with Gasteiger partial charge in [-0.05, 0) is 36.0 Å². The lowest BCUT2D eigenvalue weighted by atomic mass is 10.0. The van der Waals surface area contributed by atoms with Crippen molar-refractivity contribution in [2.75, 3.05) is 26.2 Å². The van der Waals surface area contributed by atoms with E-state index in [0.717, 1.165) is 39.0 Å². The molecule has 0 amide bonds. The molecule has 1 atom stereocenters. The number of rotatable bonds is 7. The number of benzene rings is 2. The van der Waals surface area contributed by atoms with E-state index in [4.69, 9.17) is 0 Å². The number of nitrogens with zero attached hydrogens (tertiary/aromatic N) is 1. The monoisotopic (exact) mass is 320 g/mol. The third-order valence-corrected chi connectivity index (χ3v) is 4.98. The summed E-state index contributed by atoms with van der Waals surface area (Å²) < 4.78 is 0. The van der Waals surface area contributed by atoms with Crippen LogP contribution in [0.15, 0.2) is 61.2 Å². The van der Waals surface area contributed by atoms with Crippen LogP contribution in [0.3, 0.4) is 0 Å². The molecule has 1 aliphatic rings. The van der Waals surface area contributed by atoms with Gasteiger partial charge in [0.15, 0.2) is 0 Å². The summed E-state index contributed by atoms with van der Waals surface area (Å²) in [6.45, 7) is 8.36. The Hall–Kier alpha value is -1.90. The summed E-state index contributed by atoms with van der Waals surface area (Å²) in [5.41, 5.74) is 4.06. The molecule has 0 saturated carbocycles. The van der Waals surface area contributed by atoms with Gasteiger partial charge in [0.1, 0.15) is 0 Å². The Bertz CT molecular complexity index is 618. The first kappa shape index (κ1) is 16.9. The maximum Gasteiger partial charge on any atom is 0.0224 e. The second-order valence-electron chi connectivity index (χ2n) is 6.61. The number of hydrogen-bond acceptors (Lipinski definition) is 2. The number of aryl methyl sites for hydroxylation is 1. The van der Waals surface area contributed by atoms with Crippen molar-refractivity contribution in [1.29, 1.82) is 0 Å². The van der Waals surface area contributed by atoms with E-state index in [0.29, 0.717) is 6.04 Å². The molecule has 0 radical (unpaired) electrons. The fourth-order valence-electron chi connectivity index (χ4n) is 3.45. The first-order valence-electron chi connectivity index (χ1n) is 9.05. The van der Waals surface area contributed by atoms with Crippen LogP contribution in [0.25, 0.3) is 6.08 Å². The molecule has 1 aliphatic heterocycles. The van der Waals surface area contributed by atoms with Crippen LogP contribution >= 0.6 is 0 Å². The van der Waals surface area contributed by atoms with Crippen LogP contribution in [-0.2, 0) is 12.8 Å². The summed E-state index contributed by atoms with van der Waals surface area (Å²) in [5.74, 6) is 0. The van der Waals surface area contributed by atoms with Gasteiger partial charge in [0.2, 0.25) is 0 Å². The molecule has 2 aromatic carbocycles. The van der Waals surface area contributed by atoms with Crippen molar-refractivity contribution in [3.05, 3.63) is 77.9 Å². The molecule has 24 heavy (non-hydrogen) atoms. The summed E-state index contributed by atoms with van der Waals surface area (Å²) in [7, 11) is 0. The van der Waals surface area contributed by atoms with E-state index in [1.165, 1.54) is 23.1 Å². The standard InChI is InChI=1S/C22H28N2/c1-2-19-8-10-21(11-9-19)12-13-22-18-23-15-17-24(22)16-14-20-6-4-3-5-7-20/h2-11,22-23H,1,12-18H2. The zero-order chi connectivity index (χ0) is 16.6. The molecule has 1 N–H and O–H groups in total. The first-order valence-corrected chi connectivity index (χ1v) is 9.05. The highest BCUT2D eigenvalue weighted by atomic mass is 15.2. The fraction of sp³-hybridized carbons (Fsp3) is 0.364. The van der Waals surface area contributed by atoms with Gasteiger partial charge in [-0.3, -0.25) is 4.90 Å². The zero-order valence-electron chi connectivity index (χ0n) is 14.5. The summed E-state index contributed by atoms with van der Waals surface area (Å²) in [6, 6.07) is 20.3. The van der Waals surface area contributed by atoms with E-state index < -0.39 is 0 Å². The number of hydrogen-bond donors (Lipinski definition) is 1. The summed E-state index contributed by atoms with van der Waals surface area (Å²) >= 11 is 0. The van der Waals surface area contributed by atoms with Crippen LogP contribution in [0.2, 0.25) is 0 Å². The lowest BCUT2D eigenvalue weighted by Gasteiger charge is -2.36. The predicted octanol–water partition coefficient (Wildman–Crippen LogP) is 3.78. The molecule has 126 valence electrons. The van der Waals surface area contributed by atoms with E-state index >= 15 is 0 Å². The first-order chi connectivity index (χ1) is 11.8. The van der Waals surface area contributed by atoms with Gasteiger partial charge < -0.3 is 5.32 Å². The molecule has 2 heteroatoms. The molecule has 0 bridgehead atoms. The van der Waals surface area contributed by atoms with Crippen molar-refractivity contribution in [2.45, 2.75) is 25.3 Å². The fourth-order valence-corrected chi connectivity index (χ4v) is 3.45. The van der Waals surface area contributed by atoms with Crippen LogP contribution in [0.5, 0.6) is 0 Å². The van der Waals surface area contributed by atoms with Gasteiger partial charge in [0.05, 0.1) is 0 Å². The highest BCUT2D eigenvalue weighted by molar-refractivity contribution is 5.47. The van der Waals surface area contributed by atoms with Crippen LogP contribution in [-0.4, -0.2) is 37.1 Å². The van der Waals surface area contributed by atoms with Gasteiger partial charge >= 0.3 is 0 Å². The lowest BCUT2D eigenvalue weighted by Crippen LogP contribution is -2.51. The molecule has 3 rings (SSSR count). The predicted molar refractivity (Wildman–Crippen MR) is 103 cm³/mol. The van der Waals surface area contributed by atoms with Crippen LogP contribution in [0.4, 0.5) is 0 Å². The third-order valence-electron chi connectivity index (χ3n) is 4.98. The topological polar surface area (TPSA) is 15.3 Å². The summed E-state index contributed by atoms with van der Waals surface area (Å²) in [5, 5.41) is 3.56. The van der Waals surface area contributed by atoms with E-state index in [9.17, 15) is 0 Å². The van der Waals surface area contributed by atoms with Crippen molar-refractivity contribution in [1.82, 2.24) is 10.2 Å². The van der Waals surface area contributed by atoms with E-state index in [1.807, 2.05) is 6.08 Å². The summed E-state index contributed by atoms with van der Waals surface area (Å²) in [6.07, 6.45) is 5.41. The summed E-state index contributed by atoms with van der Waals surface area (Å²) in [4.78, 5) is 2.67. The Kier molecular flexibility index (Phi) is 6.22. The van der Waals surface area contributed by atoms with Gasteiger partial charge in [-0.2, -0.15) is 0 Å². The average Bonchev–Trinajstić information content (AvgIpc) is 2.66.